The van der Waals surface area contributed by atoms with E-state index in [0.29, 0.717) is 30.8 Å². The van der Waals surface area contributed by atoms with Gasteiger partial charge in [-0.15, -0.1) is 0 Å². The average molecular weight is 417 g/mol. The zero-order valence-corrected chi connectivity index (χ0v) is 17.5. The molecule has 7 nitrogen and oxygen atoms in total. The van der Waals surface area contributed by atoms with E-state index in [2.05, 4.69) is 4.72 Å². The molecule has 27 heavy (non-hydrogen) atoms. The van der Waals surface area contributed by atoms with Crippen LogP contribution in [-0.4, -0.2) is 59.7 Å². The number of hydrogen-bond acceptors (Lipinski definition) is 5. The lowest BCUT2D eigenvalue weighted by Crippen LogP contribution is -2.56. The molecule has 1 aromatic carbocycles. The molecule has 0 spiro atoms. The highest BCUT2D eigenvalue weighted by molar-refractivity contribution is 7.89. The zero-order chi connectivity index (χ0) is 19.7. The number of piperidine rings is 1. The first-order chi connectivity index (χ1) is 12.7. The van der Waals surface area contributed by atoms with E-state index in [-0.39, 0.29) is 13.1 Å². The summed E-state index contributed by atoms with van der Waals surface area (Å²) in [6, 6.07) is 5.42. The highest BCUT2D eigenvalue weighted by Crippen LogP contribution is 2.31. The Hall–Kier alpha value is -1.00. The Morgan fingerprint density at radius 1 is 1.11 bits per heavy atom. The zero-order valence-electron chi connectivity index (χ0n) is 15.9. The fourth-order valence-corrected chi connectivity index (χ4v) is 6.69. The summed E-state index contributed by atoms with van der Waals surface area (Å²) in [5.41, 5.74) is 1.71. The third-order valence-corrected chi connectivity index (χ3v) is 8.27. The second kappa shape index (κ2) is 7.79. The number of sulfonamides is 2. The van der Waals surface area contributed by atoms with Crippen molar-refractivity contribution in [2.45, 2.75) is 49.0 Å². The molecule has 1 aliphatic heterocycles. The summed E-state index contributed by atoms with van der Waals surface area (Å²) in [7, 11) is -5.40. The number of ether oxygens (including phenoxy) is 1. The molecule has 1 heterocycles. The second-order valence-corrected chi connectivity index (χ2v) is 11.3. The van der Waals surface area contributed by atoms with Crippen LogP contribution in [0.1, 0.15) is 36.8 Å². The minimum atomic E-state index is -3.57. The number of nitrogens with one attached hydrogen (secondary N) is 1. The maximum atomic E-state index is 13.1. The number of benzene rings is 1. The molecule has 152 valence electrons. The van der Waals surface area contributed by atoms with Crippen LogP contribution in [0.4, 0.5) is 0 Å². The maximum absolute atomic E-state index is 13.1. The Balaban J connectivity index is 1.76. The number of hydrogen-bond donors (Lipinski definition) is 1. The Morgan fingerprint density at radius 3 is 2.41 bits per heavy atom. The molecular weight excluding hydrogens is 388 g/mol. The average Bonchev–Trinajstić information content (AvgIpc) is 3.07. The van der Waals surface area contributed by atoms with Crippen molar-refractivity contribution in [2.75, 3.05) is 33.1 Å². The quantitative estimate of drug-likeness (QED) is 0.723. The summed E-state index contributed by atoms with van der Waals surface area (Å²) >= 11 is 0. The number of fused-ring (bicyclic) bond motifs is 1. The molecule has 2 aliphatic rings. The van der Waals surface area contributed by atoms with E-state index < -0.39 is 25.6 Å². The fourth-order valence-electron chi connectivity index (χ4n) is 4.11. The Morgan fingerprint density at radius 2 is 1.78 bits per heavy atom. The molecule has 1 aromatic rings. The first-order valence-electron chi connectivity index (χ1n) is 9.25. The summed E-state index contributed by atoms with van der Waals surface area (Å²) in [6.07, 6.45) is 5.51. The van der Waals surface area contributed by atoms with E-state index in [1.54, 1.807) is 19.2 Å². The van der Waals surface area contributed by atoms with Crippen LogP contribution in [0.15, 0.2) is 23.1 Å². The molecule has 0 saturated carbocycles. The van der Waals surface area contributed by atoms with E-state index >= 15 is 0 Å². The molecule has 9 heteroatoms. The SMILES string of the molecule is COCCC1(NS(C)(=O)=O)CCN(S(=O)(=O)c2ccc3c(c2)CCC3)CC1. The summed E-state index contributed by atoms with van der Waals surface area (Å²) in [6.45, 7) is 0.984. The van der Waals surface area contributed by atoms with Crippen LogP contribution in [0.25, 0.3) is 0 Å². The van der Waals surface area contributed by atoms with Crippen LogP contribution >= 0.6 is 0 Å². The van der Waals surface area contributed by atoms with Gasteiger partial charge in [0, 0.05) is 32.3 Å². The molecule has 0 aromatic heterocycles. The van der Waals surface area contributed by atoms with Crippen LogP contribution in [0.5, 0.6) is 0 Å². The lowest BCUT2D eigenvalue weighted by Gasteiger charge is -2.41. The summed E-state index contributed by atoms with van der Waals surface area (Å²) in [5, 5.41) is 0. The van der Waals surface area contributed by atoms with Crippen molar-refractivity contribution in [3.05, 3.63) is 29.3 Å². The molecule has 1 fully saturated rings. The van der Waals surface area contributed by atoms with Crippen molar-refractivity contribution in [3.8, 4) is 0 Å². The van der Waals surface area contributed by atoms with Crippen LogP contribution < -0.4 is 4.72 Å². The molecule has 3 rings (SSSR count). The van der Waals surface area contributed by atoms with E-state index in [0.717, 1.165) is 31.1 Å². The van der Waals surface area contributed by atoms with Gasteiger partial charge >= 0.3 is 0 Å². The van der Waals surface area contributed by atoms with Gasteiger partial charge in [0.05, 0.1) is 11.2 Å². The molecular formula is C18H28N2O5S2. The van der Waals surface area contributed by atoms with Crippen LogP contribution in [-0.2, 0) is 37.6 Å². The largest absolute Gasteiger partial charge is 0.385 e. The lowest BCUT2D eigenvalue weighted by atomic mass is 9.86. The van der Waals surface area contributed by atoms with Crippen molar-refractivity contribution >= 4 is 20.0 Å². The van der Waals surface area contributed by atoms with E-state index in [4.69, 9.17) is 4.74 Å². The molecule has 0 bridgehead atoms. The van der Waals surface area contributed by atoms with Crippen molar-refractivity contribution < 1.29 is 21.6 Å². The van der Waals surface area contributed by atoms with Crippen molar-refractivity contribution in [1.29, 1.82) is 0 Å². The highest BCUT2D eigenvalue weighted by Gasteiger charge is 2.40. The molecule has 0 amide bonds. The topological polar surface area (TPSA) is 92.8 Å². The third-order valence-electron chi connectivity index (χ3n) is 5.57. The van der Waals surface area contributed by atoms with Gasteiger partial charge in [0.1, 0.15) is 0 Å². The number of rotatable bonds is 7. The summed E-state index contributed by atoms with van der Waals surface area (Å²) < 4.78 is 59.0. The molecule has 0 atom stereocenters. The minimum absolute atomic E-state index is 0.283. The number of methoxy groups -OCH3 is 1. The van der Waals surface area contributed by atoms with E-state index in [9.17, 15) is 16.8 Å². The van der Waals surface area contributed by atoms with Crippen molar-refractivity contribution in [2.24, 2.45) is 0 Å². The molecule has 1 N–H and O–H groups in total. The predicted molar refractivity (Wildman–Crippen MR) is 104 cm³/mol. The monoisotopic (exact) mass is 416 g/mol. The van der Waals surface area contributed by atoms with E-state index in [1.165, 1.54) is 9.87 Å². The highest BCUT2D eigenvalue weighted by atomic mass is 32.2. The molecule has 1 aliphatic carbocycles. The Labute approximate surface area is 162 Å². The second-order valence-electron chi connectivity index (χ2n) is 7.59. The van der Waals surface area contributed by atoms with Crippen LogP contribution in [0, 0.1) is 0 Å². The van der Waals surface area contributed by atoms with Gasteiger partial charge in [-0.1, -0.05) is 6.07 Å². The van der Waals surface area contributed by atoms with Crippen LogP contribution in [0.2, 0.25) is 0 Å². The minimum Gasteiger partial charge on any atom is -0.385 e. The first-order valence-corrected chi connectivity index (χ1v) is 12.6. The van der Waals surface area contributed by atoms with Gasteiger partial charge in [0.2, 0.25) is 20.0 Å². The maximum Gasteiger partial charge on any atom is 0.243 e. The van der Waals surface area contributed by atoms with Gasteiger partial charge < -0.3 is 4.74 Å². The van der Waals surface area contributed by atoms with E-state index in [1.807, 2.05) is 6.07 Å². The normalized spacial score (nSPS) is 20.5. The van der Waals surface area contributed by atoms with Gasteiger partial charge in [-0.3, -0.25) is 0 Å². The Kier molecular flexibility index (Phi) is 5.98. The third kappa shape index (κ3) is 4.71. The van der Waals surface area contributed by atoms with Gasteiger partial charge in [0.25, 0.3) is 0 Å². The summed E-state index contributed by atoms with van der Waals surface area (Å²) in [4.78, 5) is 0.337. The molecule has 1 saturated heterocycles. The van der Waals surface area contributed by atoms with Gasteiger partial charge in [0.15, 0.2) is 0 Å². The fraction of sp³-hybridized carbons (Fsp3) is 0.667. The number of aryl methyl sites for hydroxylation is 2. The van der Waals surface area contributed by atoms with Crippen LogP contribution in [0.3, 0.4) is 0 Å². The Bertz CT molecular complexity index is 888. The molecule has 0 unspecified atom stereocenters. The molecule has 0 radical (unpaired) electrons. The van der Waals surface area contributed by atoms with Gasteiger partial charge in [-0.2, -0.15) is 4.31 Å². The standard InChI is InChI=1S/C18H28N2O5S2/c1-25-13-10-18(19-26(2,21)22)8-11-20(12-9-18)27(23,24)17-7-6-15-4-3-5-16(15)14-17/h6-7,14,19H,3-5,8-13H2,1-2H3. The lowest BCUT2D eigenvalue weighted by molar-refractivity contribution is 0.132. The number of nitrogens with zero attached hydrogens (tertiary/aromatic N) is 1. The van der Waals surface area contributed by atoms with Crippen molar-refractivity contribution in [3.63, 3.8) is 0 Å². The van der Waals surface area contributed by atoms with Gasteiger partial charge in [-0.25, -0.2) is 21.6 Å². The van der Waals surface area contributed by atoms with Gasteiger partial charge in [-0.05, 0) is 61.8 Å². The summed E-state index contributed by atoms with van der Waals surface area (Å²) in [5.74, 6) is 0. The first kappa shape index (κ1) is 20.7. The van der Waals surface area contributed by atoms with Crippen molar-refractivity contribution in [1.82, 2.24) is 9.03 Å². The predicted octanol–water partition coefficient (Wildman–Crippen LogP) is 1.28. The smallest absolute Gasteiger partial charge is 0.243 e.